The van der Waals surface area contributed by atoms with Crippen LogP contribution in [-0.2, 0) is 43.2 Å². The number of aryl methyl sites for hydroxylation is 1. The van der Waals surface area contributed by atoms with Crippen molar-refractivity contribution in [3.63, 3.8) is 0 Å². The number of carbonyl (C=O) groups excluding carboxylic acids is 3. The Morgan fingerprint density at radius 1 is 1.23 bits per heavy atom. The summed E-state index contributed by atoms with van der Waals surface area (Å²) in [5.74, 6) is -0.887. The van der Waals surface area contributed by atoms with Gasteiger partial charge in [-0.1, -0.05) is 26.8 Å². The number of amides is 2. The van der Waals surface area contributed by atoms with E-state index in [1.165, 1.54) is 16.3 Å². The van der Waals surface area contributed by atoms with Gasteiger partial charge in [0.2, 0.25) is 0 Å². The predicted octanol–water partition coefficient (Wildman–Crippen LogP) is 6.86. The lowest BCUT2D eigenvalue weighted by Crippen LogP contribution is -2.62. The average Bonchev–Trinajstić information content (AvgIpc) is 3.70. The maximum absolute atomic E-state index is 14.1. The zero-order valence-electron chi connectivity index (χ0n) is 32.2. The van der Waals surface area contributed by atoms with Crippen LogP contribution in [-0.4, -0.2) is 75.5 Å². The van der Waals surface area contributed by atoms with Crippen LogP contribution < -0.4 is 10.7 Å². The Labute approximate surface area is 315 Å². The molecule has 6 rings (SSSR count). The third kappa shape index (κ3) is 8.27. The highest BCUT2D eigenvalue weighted by molar-refractivity contribution is 7.10. The molecule has 1 saturated heterocycles. The highest BCUT2D eigenvalue weighted by Gasteiger charge is 2.39. The van der Waals surface area contributed by atoms with Crippen molar-refractivity contribution in [1.82, 2.24) is 30.3 Å². The topological polar surface area (TPSA) is 137 Å². The van der Waals surface area contributed by atoms with E-state index >= 15 is 0 Å². The maximum atomic E-state index is 14.1. The molecule has 2 aliphatic rings. The van der Waals surface area contributed by atoms with E-state index in [1.54, 1.807) is 34.1 Å². The Morgan fingerprint density at radius 2 is 2.00 bits per heavy atom. The van der Waals surface area contributed by atoms with Crippen molar-refractivity contribution < 1.29 is 28.6 Å². The number of esters is 1. The molecule has 4 aromatic rings. The van der Waals surface area contributed by atoms with Gasteiger partial charge in [0.15, 0.2) is 0 Å². The Hall–Kier alpha value is -4.33. The maximum Gasteiger partial charge on any atom is 0.408 e. The van der Waals surface area contributed by atoms with Gasteiger partial charge in [-0.05, 0) is 83.2 Å². The summed E-state index contributed by atoms with van der Waals surface area (Å²) >= 11 is 1.43. The lowest BCUT2D eigenvalue weighted by Gasteiger charge is -2.38. The second-order valence-electron chi connectivity index (χ2n) is 16.0. The van der Waals surface area contributed by atoms with Crippen LogP contribution in [0.3, 0.4) is 0 Å². The lowest BCUT2D eigenvalue weighted by atomic mass is 9.84. The molecule has 2 N–H and O–H groups in total. The van der Waals surface area contributed by atoms with Gasteiger partial charge in [-0.2, -0.15) is 0 Å². The van der Waals surface area contributed by atoms with Gasteiger partial charge in [0.1, 0.15) is 17.7 Å². The highest BCUT2D eigenvalue weighted by Crippen LogP contribution is 2.42. The molecule has 4 atom stereocenters. The van der Waals surface area contributed by atoms with E-state index in [4.69, 9.17) is 24.2 Å². The van der Waals surface area contributed by atoms with E-state index < -0.39 is 35.2 Å². The standard InChI is InChI=1S/C40H52N6O6S/c1-10-45-31-14-13-25-18-27(31)28(35(45)26-12-11-16-41-34(26)24(3)50-9)20-40(7,8)22-51-37(48)33-23(2)15-17-46(44-33)36(47)29(19-32-42-30(25)21-53-32)43-38(49)52-39(4,5)6/h11-14,16,18,21,23-24,29,33,44H,10,15,17,19-20,22H2,1-9H3,(H,43,49)/t23-,24-,29-,33-/m0/s1. The van der Waals surface area contributed by atoms with Gasteiger partial charge < -0.3 is 24.1 Å². The number of nitrogens with zero attached hydrogens (tertiary/aromatic N) is 4. The highest BCUT2D eigenvalue weighted by atomic mass is 32.1. The molecule has 13 heteroatoms. The average molecular weight is 745 g/mol. The molecule has 0 spiro atoms. The first-order valence-electron chi connectivity index (χ1n) is 18.4. The molecule has 0 saturated carbocycles. The fourth-order valence-corrected chi connectivity index (χ4v) is 8.06. The van der Waals surface area contributed by atoms with E-state index in [0.29, 0.717) is 24.4 Å². The van der Waals surface area contributed by atoms with E-state index in [9.17, 15) is 14.4 Å². The molecule has 12 nitrogen and oxygen atoms in total. The number of pyridine rings is 1. The molecule has 2 aliphatic heterocycles. The van der Waals surface area contributed by atoms with Crippen LogP contribution >= 0.6 is 11.3 Å². The van der Waals surface area contributed by atoms with Gasteiger partial charge in [0.25, 0.3) is 5.91 Å². The number of hydrogen-bond acceptors (Lipinski definition) is 10. The number of cyclic esters (lactones) is 1. The Balaban J connectivity index is 1.50. The van der Waals surface area contributed by atoms with Crippen molar-refractivity contribution in [3.8, 4) is 22.5 Å². The van der Waals surface area contributed by atoms with Crippen molar-refractivity contribution in [2.45, 2.75) is 105 Å². The Bertz CT molecular complexity index is 2000. The number of hydrogen-bond donors (Lipinski definition) is 2. The number of methoxy groups -OCH3 is 1. The van der Waals surface area contributed by atoms with Crippen molar-refractivity contribution in [1.29, 1.82) is 0 Å². The zero-order chi connectivity index (χ0) is 38.2. The molecule has 1 aromatic carbocycles. The molecule has 2 amide bonds. The van der Waals surface area contributed by atoms with E-state index in [0.717, 1.165) is 51.2 Å². The number of nitrogens with one attached hydrogen (secondary N) is 2. The Kier molecular flexibility index (Phi) is 11.0. The molecule has 6 bridgehead atoms. The number of thiazole rings is 1. The monoisotopic (exact) mass is 744 g/mol. The molecule has 0 unspecified atom stereocenters. The number of fused-ring (bicyclic) bond motifs is 6. The van der Waals surface area contributed by atoms with E-state index in [1.807, 2.05) is 25.3 Å². The van der Waals surface area contributed by atoms with Gasteiger partial charge in [-0.25, -0.2) is 15.2 Å². The number of benzene rings is 1. The molecule has 1 fully saturated rings. The first-order valence-corrected chi connectivity index (χ1v) is 19.3. The molecule has 284 valence electrons. The summed E-state index contributed by atoms with van der Waals surface area (Å²) in [4.78, 5) is 50.7. The van der Waals surface area contributed by atoms with Crippen LogP contribution in [0.4, 0.5) is 4.79 Å². The summed E-state index contributed by atoms with van der Waals surface area (Å²) < 4.78 is 19.7. The largest absolute Gasteiger partial charge is 0.464 e. The number of ether oxygens (including phenoxy) is 3. The first-order chi connectivity index (χ1) is 25.1. The van der Waals surface area contributed by atoms with Gasteiger partial charge in [-0.3, -0.25) is 19.6 Å². The van der Waals surface area contributed by atoms with Crippen molar-refractivity contribution >= 4 is 40.2 Å². The molecule has 0 radical (unpaired) electrons. The minimum absolute atomic E-state index is 0.0848. The van der Waals surface area contributed by atoms with Gasteiger partial charge in [0.05, 0.1) is 34.8 Å². The number of alkyl carbamates (subject to hydrolysis) is 1. The molecular formula is C40H52N6O6S. The molecule has 0 aliphatic carbocycles. The first kappa shape index (κ1) is 38.4. The van der Waals surface area contributed by atoms with Crippen LogP contribution in [0, 0.1) is 11.3 Å². The van der Waals surface area contributed by atoms with Gasteiger partial charge >= 0.3 is 12.1 Å². The summed E-state index contributed by atoms with van der Waals surface area (Å²) in [5, 5.41) is 7.97. The molecular weight excluding hydrogens is 693 g/mol. The second-order valence-corrected chi connectivity index (χ2v) is 16.9. The fraction of sp³-hybridized carbons (Fsp3) is 0.525. The summed E-state index contributed by atoms with van der Waals surface area (Å²) in [7, 11) is 1.69. The van der Waals surface area contributed by atoms with Crippen LogP contribution in [0.25, 0.3) is 33.4 Å². The number of rotatable bonds is 5. The third-order valence-corrected chi connectivity index (χ3v) is 10.9. The zero-order valence-corrected chi connectivity index (χ0v) is 33.1. The minimum atomic E-state index is -0.988. The van der Waals surface area contributed by atoms with Crippen molar-refractivity contribution in [2.24, 2.45) is 11.3 Å². The fourth-order valence-electron chi connectivity index (χ4n) is 7.21. The van der Waals surface area contributed by atoms with E-state index in [-0.39, 0.29) is 31.0 Å². The summed E-state index contributed by atoms with van der Waals surface area (Å²) in [6.45, 7) is 16.9. The summed E-state index contributed by atoms with van der Waals surface area (Å²) in [5.41, 5.74) is 8.74. The molecule has 3 aromatic heterocycles. The number of carbonyl (C=O) groups is 3. The van der Waals surface area contributed by atoms with Crippen molar-refractivity contribution in [2.75, 3.05) is 20.3 Å². The summed E-state index contributed by atoms with van der Waals surface area (Å²) in [6.07, 6.45) is 2.19. The Morgan fingerprint density at radius 3 is 2.72 bits per heavy atom. The van der Waals surface area contributed by atoms with Gasteiger partial charge in [-0.15, -0.1) is 11.3 Å². The normalized spacial score (nSPS) is 21.5. The SMILES string of the molecule is CCn1c(-c2cccnc2[C@H](C)OC)c2c3cc(ccc31)-c1csc(n1)C[C@H](NC(=O)OC(C)(C)C)C(=O)N1CC[C@H](C)[C@H](N1)C(=O)OCC(C)(C)C2. The van der Waals surface area contributed by atoms with E-state index in [2.05, 4.69) is 60.3 Å². The number of aromatic nitrogens is 3. The predicted molar refractivity (Wildman–Crippen MR) is 205 cm³/mol. The lowest BCUT2D eigenvalue weighted by molar-refractivity contribution is -0.157. The molecule has 5 heterocycles. The van der Waals surface area contributed by atoms with Crippen molar-refractivity contribution in [3.05, 3.63) is 58.2 Å². The summed E-state index contributed by atoms with van der Waals surface area (Å²) in [6, 6.07) is 8.73. The van der Waals surface area contributed by atoms with Crippen LogP contribution in [0.1, 0.15) is 84.2 Å². The quantitative estimate of drug-likeness (QED) is 0.210. The van der Waals surface area contributed by atoms with Crippen LogP contribution in [0.15, 0.2) is 41.9 Å². The molecule has 53 heavy (non-hydrogen) atoms. The van der Waals surface area contributed by atoms with Gasteiger partial charge in [0, 0.05) is 65.6 Å². The van der Waals surface area contributed by atoms with Crippen LogP contribution in [0.2, 0.25) is 0 Å². The smallest absolute Gasteiger partial charge is 0.408 e. The van der Waals surface area contributed by atoms with Crippen LogP contribution in [0.5, 0.6) is 0 Å². The minimum Gasteiger partial charge on any atom is -0.464 e. The third-order valence-electron chi connectivity index (χ3n) is 9.98. The second kappa shape index (κ2) is 15.2. The number of hydrazine groups is 1.